The van der Waals surface area contributed by atoms with E-state index in [1.54, 1.807) is 41.7 Å². The molecule has 0 unspecified atom stereocenters. The first-order valence-corrected chi connectivity index (χ1v) is 9.14. The lowest BCUT2D eigenvalue weighted by Gasteiger charge is -2.22. The zero-order valence-corrected chi connectivity index (χ0v) is 15.3. The SMILES string of the molecule is COc1cccc(OCC(=O)N(Cc2ccsc2)Cc2ccccn2)c1. The maximum atomic E-state index is 12.7. The predicted octanol–water partition coefficient (Wildman–Crippen LogP) is 3.76. The summed E-state index contributed by atoms with van der Waals surface area (Å²) in [5, 5.41) is 4.05. The van der Waals surface area contributed by atoms with Gasteiger partial charge in [0.2, 0.25) is 0 Å². The van der Waals surface area contributed by atoms with Crippen molar-refractivity contribution in [1.82, 2.24) is 9.88 Å². The minimum absolute atomic E-state index is 0.0376. The molecule has 0 aliphatic carbocycles. The molecular weight excluding hydrogens is 348 g/mol. The Morgan fingerprint density at radius 1 is 1.12 bits per heavy atom. The van der Waals surface area contributed by atoms with Gasteiger partial charge >= 0.3 is 0 Å². The molecule has 2 heterocycles. The van der Waals surface area contributed by atoms with Crippen LogP contribution in [0.1, 0.15) is 11.3 Å². The van der Waals surface area contributed by atoms with Gasteiger partial charge in [0.15, 0.2) is 6.61 Å². The van der Waals surface area contributed by atoms with Gasteiger partial charge < -0.3 is 14.4 Å². The van der Waals surface area contributed by atoms with E-state index in [1.807, 2.05) is 47.2 Å². The third-order valence-corrected chi connectivity index (χ3v) is 4.52. The molecule has 26 heavy (non-hydrogen) atoms. The van der Waals surface area contributed by atoms with Crippen LogP contribution in [0.25, 0.3) is 0 Å². The van der Waals surface area contributed by atoms with E-state index in [1.165, 1.54) is 0 Å². The second kappa shape index (κ2) is 9.01. The lowest BCUT2D eigenvalue weighted by atomic mass is 10.2. The van der Waals surface area contributed by atoms with Gasteiger partial charge in [0.1, 0.15) is 11.5 Å². The Balaban J connectivity index is 1.67. The summed E-state index contributed by atoms with van der Waals surface area (Å²) in [6.45, 7) is 0.932. The lowest BCUT2D eigenvalue weighted by Crippen LogP contribution is -2.34. The Hall–Kier alpha value is -2.86. The number of pyridine rings is 1. The van der Waals surface area contributed by atoms with Crippen molar-refractivity contribution < 1.29 is 14.3 Å². The molecule has 0 radical (unpaired) electrons. The van der Waals surface area contributed by atoms with Crippen LogP contribution in [-0.2, 0) is 17.9 Å². The van der Waals surface area contributed by atoms with Crippen molar-refractivity contribution in [1.29, 1.82) is 0 Å². The molecule has 5 nitrogen and oxygen atoms in total. The maximum absolute atomic E-state index is 12.7. The Morgan fingerprint density at radius 3 is 2.73 bits per heavy atom. The lowest BCUT2D eigenvalue weighted by molar-refractivity contribution is -0.134. The monoisotopic (exact) mass is 368 g/mol. The molecule has 0 atom stereocenters. The molecule has 0 aliphatic heterocycles. The summed E-state index contributed by atoms with van der Waals surface area (Å²) in [4.78, 5) is 18.8. The fraction of sp³-hybridized carbons (Fsp3) is 0.200. The average molecular weight is 368 g/mol. The maximum Gasteiger partial charge on any atom is 0.261 e. The van der Waals surface area contributed by atoms with Crippen LogP contribution in [0.3, 0.4) is 0 Å². The molecule has 3 aromatic rings. The number of nitrogens with zero attached hydrogens (tertiary/aromatic N) is 2. The van der Waals surface area contributed by atoms with Crippen molar-refractivity contribution in [3.63, 3.8) is 0 Å². The van der Waals surface area contributed by atoms with Crippen LogP contribution in [0.4, 0.5) is 0 Å². The molecule has 0 aliphatic rings. The van der Waals surface area contributed by atoms with Crippen LogP contribution in [-0.4, -0.2) is 29.5 Å². The number of amides is 1. The fourth-order valence-corrected chi connectivity index (χ4v) is 3.11. The van der Waals surface area contributed by atoms with Crippen LogP contribution < -0.4 is 9.47 Å². The fourth-order valence-electron chi connectivity index (χ4n) is 2.45. The number of carbonyl (C=O) groups excluding carboxylic acids is 1. The summed E-state index contributed by atoms with van der Waals surface area (Å²) in [7, 11) is 1.60. The first-order chi connectivity index (χ1) is 12.7. The number of benzene rings is 1. The Labute approximate surface area is 156 Å². The highest BCUT2D eigenvalue weighted by Gasteiger charge is 2.16. The van der Waals surface area contributed by atoms with Crippen molar-refractivity contribution in [3.05, 3.63) is 76.7 Å². The van der Waals surface area contributed by atoms with Gasteiger partial charge in [0.05, 0.1) is 19.3 Å². The first kappa shape index (κ1) is 17.9. The van der Waals surface area contributed by atoms with E-state index in [-0.39, 0.29) is 12.5 Å². The molecule has 1 aromatic carbocycles. The van der Waals surface area contributed by atoms with E-state index >= 15 is 0 Å². The van der Waals surface area contributed by atoms with Crippen molar-refractivity contribution in [2.75, 3.05) is 13.7 Å². The van der Waals surface area contributed by atoms with Crippen LogP contribution in [0.5, 0.6) is 11.5 Å². The van der Waals surface area contributed by atoms with E-state index in [0.29, 0.717) is 24.6 Å². The number of aromatic nitrogens is 1. The summed E-state index contributed by atoms with van der Waals surface area (Å²) in [6, 6.07) is 14.9. The Kier molecular flexibility index (Phi) is 6.22. The van der Waals surface area contributed by atoms with Crippen LogP contribution in [0.15, 0.2) is 65.5 Å². The second-order valence-corrected chi connectivity index (χ2v) is 6.45. The number of ether oxygens (including phenoxy) is 2. The molecule has 3 rings (SSSR count). The van der Waals surface area contributed by atoms with Crippen LogP contribution in [0.2, 0.25) is 0 Å². The van der Waals surface area contributed by atoms with Gasteiger partial charge in [0.25, 0.3) is 5.91 Å². The molecule has 1 amide bonds. The topological polar surface area (TPSA) is 51.7 Å². The number of hydrogen-bond acceptors (Lipinski definition) is 5. The number of methoxy groups -OCH3 is 1. The number of thiophene rings is 1. The average Bonchev–Trinajstić information content (AvgIpc) is 3.20. The van der Waals surface area contributed by atoms with Crippen molar-refractivity contribution >= 4 is 17.2 Å². The van der Waals surface area contributed by atoms with Gasteiger partial charge in [0, 0.05) is 18.8 Å². The zero-order chi connectivity index (χ0) is 18.2. The highest BCUT2D eigenvalue weighted by atomic mass is 32.1. The molecule has 0 fully saturated rings. The highest BCUT2D eigenvalue weighted by Crippen LogP contribution is 2.19. The van der Waals surface area contributed by atoms with E-state index in [2.05, 4.69) is 4.98 Å². The molecule has 134 valence electrons. The minimum Gasteiger partial charge on any atom is -0.497 e. The van der Waals surface area contributed by atoms with Crippen molar-refractivity contribution in [2.24, 2.45) is 0 Å². The quantitative estimate of drug-likeness (QED) is 0.607. The summed E-state index contributed by atoms with van der Waals surface area (Å²) < 4.78 is 10.8. The molecule has 0 saturated carbocycles. The van der Waals surface area contributed by atoms with Crippen LogP contribution in [0, 0.1) is 0 Å². The standard InChI is InChI=1S/C20H20N2O3S/c1-24-18-6-4-7-19(11-18)25-14-20(23)22(12-16-8-10-26-15-16)13-17-5-2-3-9-21-17/h2-11,15H,12-14H2,1H3. The number of carbonyl (C=O) groups is 1. The molecule has 6 heteroatoms. The highest BCUT2D eigenvalue weighted by molar-refractivity contribution is 7.07. The van der Waals surface area contributed by atoms with Gasteiger partial charge in [-0.1, -0.05) is 12.1 Å². The van der Waals surface area contributed by atoms with Crippen LogP contribution >= 0.6 is 11.3 Å². The van der Waals surface area contributed by atoms with Gasteiger partial charge in [-0.25, -0.2) is 0 Å². The van der Waals surface area contributed by atoms with Gasteiger partial charge in [-0.3, -0.25) is 9.78 Å². The normalized spacial score (nSPS) is 10.3. The van der Waals surface area contributed by atoms with Crippen molar-refractivity contribution in [2.45, 2.75) is 13.1 Å². The summed E-state index contributed by atoms with van der Waals surface area (Å²) in [6.07, 6.45) is 1.73. The molecular formula is C20H20N2O3S. The van der Waals surface area contributed by atoms with E-state index in [4.69, 9.17) is 9.47 Å². The Morgan fingerprint density at radius 2 is 2.00 bits per heavy atom. The van der Waals surface area contributed by atoms with E-state index in [0.717, 1.165) is 11.3 Å². The first-order valence-electron chi connectivity index (χ1n) is 8.20. The van der Waals surface area contributed by atoms with E-state index in [9.17, 15) is 4.79 Å². The van der Waals surface area contributed by atoms with Gasteiger partial charge in [-0.2, -0.15) is 11.3 Å². The zero-order valence-electron chi connectivity index (χ0n) is 14.5. The minimum atomic E-state index is -0.0929. The summed E-state index contributed by atoms with van der Waals surface area (Å²) in [5.74, 6) is 1.20. The molecule has 0 saturated heterocycles. The largest absolute Gasteiger partial charge is 0.497 e. The second-order valence-electron chi connectivity index (χ2n) is 5.67. The molecule has 0 bridgehead atoms. The molecule has 2 aromatic heterocycles. The third kappa shape index (κ3) is 5.07. The van der Waals surface area contributed by atoms with Gasteiger partial charge in [-0.05, 0) is 46.7 Å². The smallest absolute Gasteiger partial charge is 0.261 e. The number of hydrogen-bond donors (Lipinski definition) is 0. The predicted molar refractivity (Wildman–Crippen MR) is 101 cm³/mol. The Bertz CT molecular complexity index is 822. The third-order valence-electron chi connectivity index (χ3n) is 3.79. The summed E-state index contributed by atoms with van der Waals surface area (Å²) in [5.41, 5.74) is 1.94. The van der Waals surface area contributed by atoms with Gasteiger partial charge in [-0.15, -0.1) is 0 Å². The summed E-state index contributed by atoms with van der Waals surface area (Å²) >= 11 is 1.62. The molecule has 0 N–H and O–H groups in total. The number of rotatable bonds is 8. The molecule has 0 spiro atoms. The van der Waals surface area contributed by atoms with Crippen molar-refractivity contribution in [3.8, 4) is 11.5 Å². The van der Waals surface area contributed by atoms with E-state index < -0.39 is 0 Å².